The molecule has 0 saturated carbocycles. The molecule has 3 aliphatic rings. The first-order valence-corrected chi connectivity index (χ1v) is 14.4. The van der Waals surface area contributed by atoms with Gasteiger partial charge in [-0.2, -0.15) is 0 Å². The highest BCUT2D eigenvalue weighted by Gasteiger charge is 2.46. The largest absolute Gasteiger partial charge is 0.457 e. The van der Waals surface area contributed by atoms with Crippen molar-refractivity contribution in [3.63, 3.8) is 0 Å². The van der Waals surface area contributed by atoms with Crippen LogP contribution in [0, 0.1) is 0 Å². The number of ether oxygens (including phenoxy) is 4. The first kappa shape index (κ1) is 28.9. The molecule has 8 nitrogen and oxygen atoms in total. The number of benzene rings is 4. The van der Waals surface area contributed by atoms with Gasteiger partial charge in [0.1, 0.15) is 23.0 Å². The van der Waals surface area contributed by atoms with Gasteiger partial charge >= 0.3 is 23.9 Å². The first-order chi connectivity index (χ1) is 21.0. The van der Waals surface area contributed by atoms with E-state index in [4.69, 9.17) is 14.2 Å². The molecule has 0 spiro atoms. The highest BCUT2D eigenvalue weighted by atomic mass is 16.6. The van der Waals surface area contributed by atoms with Crippen molar-refractivity contribution in [2.45, 2.75) is 51.9 Å². The van der Waals surface area contributed by atoms with Crippen LogP contribution in [0.2, 0.25) is 0 Å². The van der Waals surface area contributed by atoms with E-state index in [1.165, 1.54) is 29.8 Å². The summed E-state index contributed by atoms with van der Waals surface area (Å²) in [6, 6.07) is 23.2. The lowest BCUT2D eigenvalue weighted by Gasteiger charge is -2.28. The van der Waals surface area contributed by atoms with Crippen LogP contribution in [0.15, 0.2) is 78.9 Å². The zero-order valence-corrected chi connectivity index (χ0v) is 25.0. The summed E-state index contributed by atoms with van der Waals surface area (Å²) in [6.45, 7) is 10.7. The second-order valence-electron chi connectivity index (χ2n) is 11.6. The number of hydrogen-bond acceptors (Lipinski definition) is 8. The van der Waals surface area contributed by atoms with Gasteiger partial charge in [0.15, 0.2) is 0 Å². The third-order valence-corrected chi connectivity index (χ3v) is 8.31. The molecule has 0 N–H and O–H groups in total. The molecular weight excluding hydrogens is 560 g/mol. The van der Waals surface area contributed by atoms with Crippen molar-refractivity contribution < 1.29 is 38.1 Å². The van der Waals surface area contributed by atoms with E-state index in [9.17, 15) is 19.2 Å². The second-order valence-corrected chi connectivity index (χ2v) is 11.6. The van der Waals surface area contributed by atoms with Crippen LogP contribution in [0.4, 0.5) is 0 Å². The molecule has 4 aromatic rings. The number of esters is 4. The van der Waals surface area contributed by atoms with E-state index in [1.54, 1.807) is 12.1 Å². The first-order valence-electron chi connectivity index (χ1n) is 14.4. The van der Waals surface area contributed by atoms with Crippen LogP contribution >= 0.6 is 0 Å². The van der Waals surface area contributed by atoms with Crippen LogP contribution < -0.4 is 9.47 Å². The maximum Gasteiger partial charge on any atom is 0.347 e. The Labute approximate surface area is 254 Å². The maximum absolute atomic E-state index is 12.0. The van der Waals surface area contributed by atoms with E-state index < -0.39 is 23.9 Å². The minimum atomic E-state index is -0.677. The normalized spacial score (nSPS) is 18.8. The fourth-order valence-corrected chi connectivity index (χ4v) is 6.38. The molecule has 222 valence electrons. The van der Waals surface area contributed by atoms with Crippen LogP contribution in [-0.4, -0.2) is 23.9 Å². The summed E-state index contributed by atoms with van der Waals surface area (Å²) in [5.74, 6) is -0.592. The number of fused-ring (bicyclic) bond motifs is 3. The highest BCUT2D eigenvalue weighted by Crippen LogP contribution is 2.54. The predicted molar refractivity (Wildman–Crippen MR) is 161 cm³/mol. The smallest absolute Gasteiger partial charge is 0.347 e. The van der Waals surface area contributed by atoms with Gasteiger partial charge < -0.3 is 18.9 Å². The molecule has 1 atom stereocenters. The predicted octanol–water partition coefficient (Wildman–Crippen LogP) is 7.91. The van der Waals surface area contributed by atoms with Crippen molar-refractivity contribution in [2.75, 3.05) is 0 Å². The second kappa shape index (κ2) is 10.5. The van der Waals surface area contributed by atoms with Crippen molar-refractivity contribution in [1.82, 2.24) is 0 Å². The van der Waals surface area contributed by atoms with E-state index in [-0.39, 0.29) is 33.1 Å². The van der Waals surface area contributed by atoms with Crippen molar-refractivity contribution in [3.8, 4) is 23.0 Å². The summed E-state index contributed by atoms with van der Waals surface area (Å²) in [6.07, 6.45) is 0.868. The minimum Gasteiger partial charge on any atom is -0.457 e. The Hall–Kier alpha value is -5.24. The number of carbonyl (C=O) groups is 4. The summed E-state index contributed by atoms with van der Waals surface area (Å²) in [5.41, 5.74) is 3.89. The molecule has 7 rings (SSSR count). The van der Waals surface area contributed by atoms with Crippen LogP contribution in [-0.2, 0) is 20.3 Å². The van der Waals surface area contributed by atoms with Crippen LogP contribution in [0.5, 0.6) is 23.0 Å². The monoisotopic (exact) mass is 590 g/mol. The molecule has 0 fully saturated rings. The Morgan fingerprint density at radius 1 is 0.523 bits per heavy atom. The Morgan fingerprint density at radius 2 is 0.955 bits per heavy atom. The van der Waals surface area contributed by atoms with Crippen LogP contribution in [0.25, 0.3) is 0 Å². The summed E-state index contributed by atoms with van der Waals surface area (Å²) in [4.78, 5) is 47.4. The average Bonchev–Trinajstić information content (AvgIpc) is 3.54. The summed E-state index contributed by atoms with van der Waals surface area (Å²) < 4.78 is 21.5. The lowest BCUT2D eigenvalue weighted by atomic mass is 9.75. The van der Waals surface area contributed by atoms with Gasteiger partial charge in [-0.25, -0.2) is 19.2 Å². The summed E-state index contributed by atoms with van der Waals surface area (Å²) in [7, 11) is 0. The zero-order valence-electron chi connectivity index (χ0n) is 25.0. The molecule has 4 aromatic carbocycles. The number of rotatable bonds is 5. The SMILES string of the molecule is CC.CC1(C)C[C@](C)(c2ccc(Oc3ccc4c(c3)C(=O)OC4=O)cc2)c2cc(Oc3ccc4c(c3)C(=O)OC4=O)ccc21. The summed E-state index contributed by atoms with van der Waals surface area (Å²) >= 11 is 0. The average molecular weight is 591 g/mol. The Kier molecular flexibility index (Phi) is 6.88. The van der Waals surface area contributed by atoms with Gasteiger partial charge in [-0.3, -0.25) is 0 Å². The quantitative estimate of drug-likeness (QED) is 0.171. The molecule has 2 heterocycles. The van der Waals surface area contributed by atoms with E-state index in [1.807, 2.05) is 50.2 Å². The maximum atomic E-state index is 12.0. The van der Waals surface area contributed by atoms with Crippen LogP contribution in [0.1, 0.15) is 99.2 Å². The molecular formula is C36H30O8. The lowest BCUT2D eigenvalue weighted by molar-refractivity contribution is 0.0425. The van der Waals surface area contributed by atoms with Gasteiger partial charge in [-0.05, 0) is 89.2 Å². The van der Waals surface area contributed by atoms with Gasteiger partial charge in [0.25, 0.3) is 0 Å². The zero-order chi connectivity index (χ0) is 31.4. The molecule has 0 amide bonds. The van der Waals surface area contributed by atoms with Gasteiger partial charge in [-0.15, -0.1) is 0 Å². The Balaban J connectivity index is 0.00000168. The van der Waals surface area contributed by atoms with E-state index >= 15 is 0 Å². The molecule has 0 aromatic heterocycles. The Morgan fingerprint density at radius 3 is 1.50 bits per heavy atom. The van der Waals surface area contributed by atoms with E-state index in [0.717, 1.165) is 17.5 Å². The molecule has 0 unspecified atom stereocenters. The summed E-state index contributed by atoms with van der Waals surface area (Å²) in [5, 5.41) is 0. The molecule has 8 heteroatoms. The fraction of sp³-hybridized carbons (Fsp3) is 0.222. The van der Waals surface area contributed by atoms with E-state index in [0.29, 0.717) is 23.0 Å². The van der Waals surface area contributed by atoms with E-state index in [2.05, 4.69) is 31.6 Å². The van der Waals surface area contributed by atoms with Gasteiger partial charge in [0, 0.05) is 5.41 Å². The molecule has 2 aliphatic heterocycles. The molecule has 44 heavy (non-hydrogen) atoms. The Bertz CT molecular complexity index is 1870. The number of carbonyl (C=O) groups excluding carboxylic acids is 4. The molecule has 0 saturated heterocycles. The molecule has 0 radical (unpaired) electrons. The number of hydrogen-bond donors (Lipinski definition) is 0. The standard InChI is InChI=1S/C34H24O8.C2H6/c1-33(2)17-34(3,18-4-6-19(7-5-18)39-20-8-11-23-25(14-20)31(37)41-29(23)35)28-16-22(10-13-27(28)33)40-21-9-12-24-26(15-21)32(38)42-30(24)36;1-2/h4-16H,17H2,1-3H3;1-2H3/t34-;/m1./s1. The van der Waals surface area contributed by atoms with Crippen molar-refractivity contribution >= 4 is 23.9 Å². The third-order valence-electron chi connectivity index (χ3n) is 8.31. The van der Waals surface area contributed by atoms with Crippen molar-refractivity contribution in [2.24, 2.45) is 0 Å². The van der Waals surface area contributed by atoms with Crippen LogP contribution in [0.3, 0.4) is 0 Å². The van der Waals surface area contributed by atoms with Crippen molar-refractivity contribution in [3.05, 3.63) is 118 Å². The molecule has 1 aliphatic carbocycles. The third kappa shape index (κ3) is 4.72. The van der Waals surface area contributed by atoms with Gasteiger partial charge in [0.05, 0.1) is 22.3 Å². The molecule has 0 bridgehead atoms. The van der Waals surface area contributed by atoms with Gasteiger partial charge in [0.2, 0.25) is 0 Å². The topological polar surface area (TPSA) is 105 Å². The fourth-order valence-electron chi connectivity index (χ4n) is 6.38. The lowest BCUT2D eigenvalue weighted by Crippen LogP contribution is -2.23. The number of cyclic esters (lactones) is 4. The van der Waals surface area contributed by atoms with Crippen molar-refractivity contribution in [1.29, 1.82) is 0 Å². The minimum absolute atomic E-state index is 0.0913. The van der Waals surface area contributed by atoms with Gasteiger partial charge in [-0.1, -0.05) is 52.8 Å². The highest BCUT2D eigenvalue weighted by molar-refractivity contribution is 6.15.